The quantitative estimate of drug-likeness (QED) is 0.0320. The molecule has 450 valence electrons. The average molecular weight is 1070 g/mol. The molecular weight excluding hydrogens is 935 g/mol. The lowest BCUT2D eigenvalue weighted by Gasteiger charge is -2.20. The first-order valence-corrected chi connectivity index (χ1v) is 34.6. The van der Waals surface area contributed by atoms with Gasteiger partial charge >= 0.3 is 5.97 Å². The summed E-state index contributed by atoms with van der Waals surface area (Å²) in [5, 5.41) is 23.2. The van der Waals surface area contributed by atoms with Crippen molar-refractivity contribution < 1.29 is 24.5 Å². The van der Waals surface area contributed by atoms with Crippen LogP contribution < -0.4 is 5.32 Å². The maximum absolute atomic E-state index is 12.5. The predicted molar refractivity (Wildman–Crippen MR) is 333 cm³/mol. The molecular formula is C70H135NO5. The fraction of sp³-hybridized carbons (Fsp3) is 0.914. The van der Waals surface area contributed by atoms with Crippen molar-refractivity contribution in [3.8, 4) is 0 Å². The first-order valence-electron chi connectivity index (χ1n) is 34.6. The van der Waals surface area contributed by atoms with Crippen LogP contribution >= 0.6 is 0 Å². The Morgan fingerprint density at radius 3 is 0.934 bits per heavy atom. The van der Waals surface area contributed by atoms with Crippen molar-refractivity contribution in [1.29, 1.82) is 0 Å². The summed E-state index contributed by atoms with van der Waals surface area (Å²) in [4.78, 5) is 24.6. The van der Waals surface area contributed by atoms with E-state index in [1.165, 1.54) is 321 Å². The van der Waals surface area contributed by atoms with Crippen LogP contribution in [-0.2, 0) is 14.3 Å². The number of ether oxygens (including phenoxy) is 1. The smallest absolute Gasteiger partial charge is 0.305 e. The van der Waals surface area contributed by atoms with Crippen molar-refractivity contribution in [1.82, 2.24) is 5.32 Å². The van der Waals surface area contributed by atoms with Crippen molar-refractivity contribution in [3.63, 3.8) is 0 Å². The fourth-order valence-corrected chi connectivity index (χ4v) is 10.9. The first kappa shape index (κ1) is 74.3. The van der Waals surface area contributed by atoms with Gasteiger partial charge in [0, 0.05) is 12.8 Å². The second-order valence-electron chi connectivity index (χ2n) is 23.9. The van der Waals surface area contributed by atoms with Gasteiger partial charge in [0.25, 0.3) is 0 Å². The molecule has 0 aliphatic heterocycles. The van der Waals surface area contributed by atoms with Crippen LogP contribution in [0.25, 0.3) is 0 Å². The van der Waals surface area contributed by atoms with Crippen LogP contribution in [0.3, 0.4) is 0 Å². The Morgan fingerprint density at radius 1 is 0.355 bits per heavy atom. The van der Waals surface area contributed by atoms with Crippen molar-refractivity contribution in [2.75, 3.05) is 13.2 Å². The van der Waals surface area contributed by atoms with Crippen LogP contribution in [0.5, 0.6) is 0 Å². The average Bonchev–Trinajstić information content (AvgIpc) is 3.42. The number of hydrogen-bond acceptors (Lipinski definition) is 5. The monoisotopic (exact) mass is 1070 g/mol. The van der Waals surface area contributed by atoms with E-state index < -0.39 is 12.1 Å². The molecule has 0 aromatic carbocycles. The number of carbonyl (C=O) groups is 2. The lowest BCUT2D eigenvalue weighted by atomic mass is 10.0. The molecule has 0 rings (SSSR count). The Labute approximate surface area is 475 Å². The topological polar surface area (TPSA) is 95.9 Å². The minimum Gasteiger partial charge on any atom is -0.466 e. The van der Waals surface area contributed by atoms with E-state index in [1.54, 1.807) is 6.08 Å². The molecule has 0 aliphatic rings. The van der Waals surface area contributed by atoms with E-state index in [4.69, 9.17) is 4.74 Å². The molecule has 2 unspecified atom stereocenters. The van der Waals surface area contributed by atoms with Crippen molar-refractivity contribution in [2.45, 2.75) is 398 Å². The molecule has 0 aliphatic carbocycles. The lowest BCUT2D eigenvalue weighted by Crippen LogP contribution is -2.45. The third kappa shape index (κ3) is 61.6. The van der Waals surface area contributed by atoms with E-state index in [9.17, 15) is 19.8 Å². The number of carbonyl (C=O) groups excluding carboxylic acids is 2. The molecule has 2 atom stereocenters. The molecule has 6 nitrogen and oxygen atoms in total. The van der Waals surface area contributed by atoms with Crippen molar-refractivity contribution in [3.05, 3.63) is 24.3 Å². The summed E-state index contributed by atoms with van der Waals surface area (Å²) in [6.45, 7) is 4.94. The number of allylic oxidation sites excluding steroid dienone is 3. The van der Waals surface area contributed by atoms with Crippen LogP contribution in [-0.4, -0.2) is 47.4 Å². The number of nitrogens with one attached hydrogen (secondary N) is 1. The SMILES string of the molecule is CCCCCCCCCCCCCCCCCC/C=C/C(O)C(CO)NC(=O)CCCCCCCCCCCC/C=C\CCCCCCCCCCCCCCOC(=O)CCCCCCCCCCCCCCCCC. The van der Waals surface area contributed by atoms with Gasteiger partial charge in [0.2, 0.25) is 5.91 Å². The second kappa shape index (κ2) is 65.9. The maximum atomic E-state index is 12.5. The largest absolute Gasteiger partial charge is 0.466 e. The van der Waals surface area contributed by atoms with Crippen molar-refractivity contribution >= 4 is 11.9 Å². The first-order chi connectivity index (χ1) is 37.5. The number of aliphatic hydroxyl groups is 2. The van der Waals surface area contributed by atoms with E-state index in [-0.39, 0.29) is 18.5 Å². The van der Waals surface area contributed by atoms with Gasteiger partial charge in [0.05, 0.1) is 25.4 Å². The molecule has 0 aromatic heterocycles. The number of hydrogen-bond donors (Lipinski definition) is 3. The molecule has 0 saturated carbocycles. The predicted octanol–water partition coefficient (Wildman–Crippen LogP) is 22.1. The van der Waals surface area contributed by atoms with E-state index in [0.717, 1.165) is 38.5 Å². The van der Waals surface area contributed by atoms with Crippen LogP contribution in [0.1, 0.15) is 386 Å². The van der Waals surface area contributed by atoms with Gasteiger partial charge in [-0.2, -0.15) is 0 Å². The normalized spacial score (nSPS) is 12.6. The Morgan fingerprint density at radius 2 is 0.618 bits per heavy atom. The standard InChI is InChI=1S/C70H135NO5/c1-3-5-7-9-11-13-15-17-19-20-31-35-38-42-46-50-54-58-62-68(73)67(66-72)71-69(74)63-59-55-51-47-43-39-36-32-29-27-25-23-21-22-24-26-28-30-33-37-41-45-49-53-57-61-65-76-70(75)64-60-56-52-48-44-40-34-18-16-14-12-10-8-6-4-2/h21,23,58,62,67-68,72-73H,3-20,22,24-57,59-61,63-66H2,1-2H3,(H,71,74)/b23-21-,62-58+. The maximum Gasteiger partial charge on any atom is 0.305 e. The molecule has 1 amide bonds. The summed E-state index contributed by atoms with van der Waals surface area (Å²) in [6.07, 6.45) is 82.5. The van der Waals surface area contributed by atoms with Crippen LogP contribution in [0, 0.1) is 0 Å². The van der Waals surface area contributed by atoms with Crippen LogP contribution in [0.4, 0.5) is 0 Å². The number of amides is 1. The Hall–Kier alpha value is -1.66. The zero-order chi connectivity index (χ0) is 55.0. The number of aliphatic hydroxyl groups excluding tert-OH is 2. The van der Waals surface area contributed by atoms with E-state index in [2.05, 4.69) is 31.3 Å². The highest BCUT2D eigenvalue weighted by Crippen LogP contribution is 2.18. The number of rotatable bonds is 65. The van der Waals surface area contributed by atoms with Gasteiger partial charge in [0.1, 0.15) is 0 Å². The van der Waals surface area contributed by atoms with Gasteiger partial charge in [-0.3, -0.25) is 9.59 Å². The second-order valence-corrected chi connectivity index (χ2v) is 23.9. The van der Waals surface area contributed by atoms with Gasteiger partial charge < -0.3 is 20.3 Å². The third-order valence-electron chi connectivity index (χ3n) is 16.2. The summed E-state index contributed by atoms with van der Waals surface area (Å²) >= 11 is 0. The number of esters is 1. The highest BCUT2D eigenvalue weighted by atomic mass is 16.5. The summed E-state index contributed by atoms with van der Waals surface area (Å²) in [5.74, 6) is -0.0491. The lowest BCUT2D eigenvalue weighted by molar-refractivity contribution is -0.143. The highest BCUT2D eigenvalue weighted by molar-refractivity contribution is 5.76. The highest BCUT2D eigenvalue weighted by Gasteiger charge is 2.18. The number of unbranched alkanes of at least 4 members (excludes halogenated alkanes) is 52. The van der Waals surface area contributed by atoms with Crippen LogP contribution in [0.2, 0.25) is 0 Å². The van der Waals surface area contributed by atoms with Gasteiger partial charge in [-0.25, -0.2) is 0 Å². The third-order valence-corrected chi connectivity index (χ3v) is 16.2. The zero-order valence-electron chi connectivity index (χ0n) is 51.5. The summed E-state index contributed by atoms with van der Waals surface area (Å²) in [6, 6.07) is -0.629. The Kier molecular flexibility index (Phi) is 64.4. The molecule has 0 aromatic rings. The molecule has 0 spiro atoms. The molecule has 0 bridgehead atoms. The Bertz CT molecular complexity index is 1190. The molecule has 76 heavy (non-hydrogen) atoms. The van der Waals surface area contributed by atoms with Gasteiger partial charge in [-0.1, -0.05) is 340 Å². The summed E-state index contributed by atoms with van der Waals surface area (Å²) < 4.78 is 5.50. The summed E-state index contributed by atoms with van der Waals surface area (Å²) in [7, 11) is 0. The molecule has 3 N–H and O–H groups in total. The molecule has 0 radical (unpaired) electrons. The Balaban J connectivity index is 3.40. The van der Waals surface area contributed by atoms with E-state index >= 15 is 0 Å². The molecule has 0 fully saturated rings. The minimum absolute atomic E-state index is 0.0175. The summed E-state index contributed by atoms with van der Waals surface area (Å²) in [5.41, 5.74) is 0. The minimum atomic E-state index is -0.846. The van der Waals surface area contributed by atoms with E-state index in [1.807, 2.05) is 6.08 Å². The van der Waals surface area contributed by atoms with Crippen molar-refractivity contribution in [2.24, 2.45) is 0 Å². The van der Waals surface area contributed by atoms with Gasteiger partial charge in [0.15, 0.2) is 0 Å². The fourth-order valence-electron chi connectivity index (χ4n) is 10.9. The van der Waals surface area contributed by atoms with Gasteiger partial charge in [-0.05, 0) is 57.8 Å². The van der Waals surface area contributed by atoms with Gasteiger partial charge in [-0.15, -0.1) is 0 Å². The molecule has 0 saturated heterocycles. The zero-order valence-corrected chi connectivity index (χ0v) is 51.5. The van der Waals surface area contributed by atoms with E-state index in [0.29, 0.717) is 19.4 Å². The molecule has 0 heterocycles. The molecule has 6 heteroatoms. The van der Waals surface area contributed by atoms with Crippen LogP contribution in [0.15, 0.2) is 24.3 Å².